The standard InChI is InChI=1S/C14H26N2O3/c1-5-11-14(18)16(7-8-19-6-2)12(9-10(3)4)13(17)15-11/h10-12H,5-9H2,1-4H3,(H,15,17). The van der Waals surface area contributed by atoms with Crippen molar-refractivity contribution < 1.29 is 14.3 Å². The minimum atomic E-state index is -0.377. The van der Waals surface area contributed by atoms with E-state index in [1.807, 2.05) is 13.8 Å². The summed E-state index contributed by atoms with van der Waals surface area (Å²) in [6, 6.07) is -0.728. The maximum atomic E-state index is 12.3. The van der Waals surface area contributed by atoms with Crippen LogP contribution in [0.25, 0.3) is 0 Å². The molecule has 0 aromatic carbocycles. The molecule has 1 saturated heterocycles. The Kier molecular flexibility index (Phi) is 6.28. The summed E-state index contributed by atoms with van der Waals surface area (Å²) < 4.78 is 5.32. The number of piperazine rings is 1. The van der Waals surface area contributed by atoms with Gasteiger partial charge < -0.3 is 15.0 Å². The second kappa shape index (κ2) is 7.48. The summed E-state index contributed by atoms with van der Waals surface area (Å²) in [5.41, 5.74) is 0. The molecule has 0 aromatic heterocycles. The Morgan fingerprint density at radius 1 is 1.32 bits per heavy atom. The number of carbonyl (C=O) groups excluding carboxylic acids is 2. The largest absolute Gasteiger partial charge is 0.380 e. The highest BCUT2D eigenvalue weighted by Gasteiger charge is 2.39. The first kappa shape index (κ1) is 16.0. The number of carbonyl (C=O) groups is 2. The van der Waals surface area contributed by atoms with Crippen molar-refractivity contribution in [1.82, 2.24) is 10.2 Å². The molecular formula is C14H26N2O3. The number of rotatable bonds is 7. The van der Waals surface area contributed by atoms with Gasteiger partial charge in [-0.1, -0.05) is 20.8 Å². The van der Waals surface area contributed by atoms with Gasteiger partial charge in [0.2, 0.25) is 11.8 Å². The highest BCUT2D eigenvalue weighted by Crippen LogP contribution is 2.18. The van der Waals surface area contributed by atoms with E-state index in [4.69, 9.17) is 4.74 Å². The van der Waals surface area contributed by atoms with Gasteiger partial charge in [-0.2, -0.15) is 0 Å². The summed E-state index contributed by atoms with van der Waals surface area (Å²) in [4.78, 5) is 26.2. The lowest BCUT2D eigenvalue weighted by Crippen LogP contribution is -2.63. The molecule has 1 heterocycles. The molecule has 2 unspecified atom stereocenters. The molecule has 2 amide bonds. The topological polar surface area (TPSA) is 58.6 Å². The minimum Gasteiger partial charge on any atom is -0.380 e. The van der Waals surface area contributed by atoms with Gasteiger partial charge in [-0.25, -0.2) is 0 Å². The second-order valence-electron chi connectivity index (χ2n) is 5.34. The predicted molar refractivity (Wildman–Crippen MR) is 73.7 cm³/mol. The van der Waals surface area contributed by atoms with Crippen LogP contribution in [-0.4, -0.2) is 48.6 Å². The maximum Gasteiger partial charge on any atom is 0.245 e. The highest BCUT2D eigenvalue weighted by molar-refractivity contribution is 5.96. The zero-order chi connectivity index (χ0) is 14.4. The molecule has 0 bridgehead atoms. The molecule has 1 fully saturated rings. The van der Waals surface area contributed by atoms with Crippen LogP contribution in [0, 0.1) is 5.92 Å². The van der Waals surface area contributed by atoms with Gasteiger partial charge in [0.1, 0.15) is 12.1 Å². The summed E-state index contributed by atoms with van der Waals surface area (Å²) in [5.74, 6) is 0.362. The molecule has 1 rings (SSSR count). The van der Waals surface area contributed by atoms with Crippen molar-refractivity contribution in [3.05, 3.63) is 0 Å². The molecule has 0 aromatic rings. The normalized spacial score (nSPS) is 23.9. The molecule has 0 saturated carbocycles. The molecule has 1 aliphatic rings. The molecule has 19 heavy (non-hydrogen) atoms. The van der Waals surface area contributed by atoms with Gasteiger partial charge in [-0.3, -0.25) is 9.59 Å². The van der Waals surface area contributed by atoms with Crippen LogP contribution in [0.2, 0.25) is 0 Å². The molecule has 2 atom stereocenters. The number of hydrogen-bond acceptors (Lipinski definition) is 3. The first-order chi connectivity index (χ1) is 9.01. The summed E-state index contributed by atoms with van der Waals surface area (Å²) in [6.45, 7) is 9.56. The number of hydrogen-bond donors (Lipinski definition) is 1. The fraction of sp³-hybridized carbons (Fsp3) is 0.857. The van der Waals surface area contributed by atoms with Crippen molar-refractivity contribution in [2.24, 2.45) is 5.92 Å². The van der Waals surface area contributed by atoms with Crippen molar-refractivity contribution >= 4 is 11.8 Å². The van der Waals surface area contributed by atoms with Gasteiger partial charge in [0.25, 0.3) is 0 Å². The molecule has 1 aliphatic heterocycles. The number of nitrogens with one attached hydrogen (secondary N) is 1. The molecule has 0 radical (unpaired) electrons. The minimum absolute atomic E-state index is 0.0208. The molecular weight excluding hydrogens is 244 g/mol. The van der Waals surface area contributed by atoms with E-state index in [1.54, 1.807) is 4.90 Å². The summed E-state index contributed by atoms with van der Waals surface area (Å²) >= 11 is 0. The van der Waals surface area contributed by atoms with E-state index in [0.717, 1.165) is 0 Å². The lowest BCUT2D eigenvalue weighted by molar-refractivity contribution is -0.150. The van der Waals surface area contributed by atoms with Gasteiger partial charge >= 0.3 is 0 Å². The predicted octanol–water partition coefficient (Wildman–Crippen LogP) is 1.17. The fourth-order valence-corrected chi connectivity index (χ4v) is 2.36. The Balaban J connectivity index is 2.78. The first-order valence-electron chi connectivity index (χ1n) is 7.19. The quantitative estimate of drug-likeness (QED) is 0.707. The van der Waals surface area contributed by atoms with Crippen molar-refractivity contribution in [2.45, 2.75) is 52.6 Å². The zero-order valence-electron chi connectivity index (χ0n) is 12.4. The smallest absolute Gasteiger partial charge is 0.245 e. The van der Waals surface area contributed by atoms with Crippen LogP contribution in [0.4, 0.5) is 0 Å². The number of amides is 2. The lowest BCUT2D eigenvalue weighted by atomic mass is 9.97. The van der Waals surface area contributed by atoms with Gasteiger partial charge in [0.15, 0.2) is 0 Å². The average Bonchev–Trinajstić information content (AvgIpc) is 2.36. The monoisotopic (exact) mass is 270 g/mol. The number of ether oxygens (including phenoxy) is 1. The Morgan fingerprint density at radius 2 is 2.00 bits per heavy atom. The van der Waals surface area contributed by atoms with E-state index >= 15 is 0 Å². The molecule has 0 aliphatic carbocycles. The third kappa shape index (κ3) is 4.20. The zero-order valence-corrected chi connectivity index (χ0v) is 12.4. The third-order valence-electron chi connectivity index (χ3n) is 3.36. The van der Waals surface area contributed by atoms with E-state index in [1.165, 1.54) is 0 Å². The number of nitrogens with zero attached hydrogens (tertiary/aromatic N) is 1. The van der Waals surface area contributed by atoms with E-state index in [9.17, 15) is 9.59 Å². The van der Waals surface area contributed by atoms with Crippen LogP contribution in [0.3, 0.4) is 0 Å². The van der Waals surface area contributed by atoms with Crippen LogP contribution in [0.5, 0.6) is 0 Å². The van der Waals surface area contributed by atoms with Gasteiger partial charge in [0.05, 0.1) is 6.61 Å². The second-order valence-corrected chi connectivity index (χ2v) is 5.34. The summed E-state index contributed by atoms with van der Waals surface area (Å²) in [5, 5.41) is 2.82. The van der Waals surface area contributed by atoms with Crippen molar-refractivity contribution in [2.75, 3.05) is 19.8 Å². The molecule has 5 nitrogen and oxygen atoms in total. The molecule has 1 N–H and O–H groups in total. The van der Waals surface area contributed by atoms with Crippen LogP contribution in [0.1, 0.15) is 40.5 Å². The molecule has 5 heteroatoms. The van der Waals surface area contributed by atoms with Gasteiger partial charge in [-0.05, 0) is 25.7 Å². The van der Waals surface area contributed by atoms with Crippen LogP contribution < -0.4 is 5.32 Å². The third-order valence-corrected chi connectivity index (χ3v) is 3.36. The van der Waals surface area contributed by atoms with Gasteiger partial charge in [0, 0.05) is 13.2 Å². The Morgan fingerprint density at radius 3 is 2.53 bits per heavy atom. The maximum absolute atomic E-state index is 12.3. The van der Waals surface area contributed by atoms with Crippen LogP contribution in [0.15, 0.2) is 0 Å². The first-order valence-corrected chi connectivity index (χ1v) is 7.19. The van der Waals surface area contributed by atoms with E-state index < -0.39 is 0 Å². The Labute approximate surface area is 115 Å². The SMILES string of the molecule is CCOCCN1C(=O)C(CC)NC(=O)C1CC(C)C. The Bertz CT molecular complexity index is 318. The van der Waals surface area contributed by atoms with Crippen LogP contribution >= 0.6 is 0 Å². The fourth-order valence-electron chi connectivity index (χ4n) is 2.36. The molecule has 0 spiro atoms. The summed E-state index contributed by atoms with van der Waals surface area (Å²) in [6.07, 6.45) is 1.32. The van der Waals surface area contributed by atoms with Crippen molar-refractivity contribution in [1.29, 1.82) is 0 Å². The average molecular weight is 270 g/mol. The Hall–Kier alpha value is -1.10. The van der Waals surface area contributed by atoms with E-state index in [0.29, 0.717) is 38.5 Å². The highest BCUT2D eigenvalue weighted by atomic mass is 16.5. The van der Waals surface area contributed by atoms with Gasteiger partial charge in [-0.15, -0.1) is 0 Å². The van der Waals surface area contributed by atoms with E-state index in [-0.39, 0.29) is 23.9 Å². The van der Waals surface area contributed by atoms with Crippen molar-refractivity contribution in [3.8, 4) is 0 Å². The summed E-state index contributed by atoms with van der Waals surface area (Å²) in [7, 11) is 0. The van der Waals surface area contributed by atoms with Crippen LogP contribution in [-0.2, 0) is 14.3 Å². The lowest BCUT2D eigenvalue weighted by Gasteiger charge is -2.39. The van der Waals surface area contributed by atoms with Crippen molar-refractivity contribution in [3.63, 3.8) is 0 Å². The molecule has 110 valence electrons. The van der Waals surface area contributed by atoms with E-state index in [2.05, 4.69) is 19.2 Å².